The molecule has 0 saturated heterocycles. The first-order chi connectivity index (χ1) is 8.04. The number of hydrogen-bond donors (Lipinski definition) is 1. The second-order valence-electron chi connectivity index (χ2n) is 3.81. The predicted molar refractivity (Wildman–Crippen MR) is 71.0 cm³/mol. The van der Waals surface area contributed by atoms with Crippen LogP contribution in [0, 0.1) is 13.8 Å². The minimum atomic E-state index is 0.695. The zero-order valence-corrected chi connectivity index (χ0v) is 11.8. The van der Waals surface area contributed by atoms with Crippen LogP contribution in [0.25, 0.3) is 11.4 Å². The Kier molecular flexibility index (Phi) is 3.15. The van der Waals surface area contributed by atoms with Gasteiger partial charge in [0.05, 0.1) is 21.9 Å². The van der Waals surface area contributed by atoms with Gasteiger partial charge in [-0.1, -0.05) is 0 Å². The molecular weight excluding hydrogens is 282 g/mol. The zero-order chi connectivity index (χ0) is 12.6. The van der Waals surface area contributed by atoms with Crippen molar-refractivity contribution in [2.75, 3.05) is 12.4 Å². The number of nitrogens with one attached hydrogen (secondary N) is 1. The number of hydrogen-bond acceptors (Lipinski definition) is 4. The van der Waals surface area contributed by atoms with Gasteiger partial charge in [-0.2, -0.15) is 5.10 Å². The first-order valence-corrected chi connectivity index (χ1v) is 6.04. The summed E-state index contributed by atoms with van der Waals surface area (Å²) in [7, 11) is 3.75. The van der Waals surface area contributed by atoms with Crippen molar-refractivity contribution in [3.05, 3.63) is 22.1 Å². The average Bonchev–Trinajstić information content (AvgIpc) is 2.64. The van der Waals surface area contributed by atoms with Gasteiger partial charge in [0.15, 0.2) is 5.82 Å². The van der Waals surface area contributed by atoms with Gasteiger partial charge >= 0.3 is 0 Å². The third-order valence-corrected chi connectivity index (χ3v) is 3.68. The van der Waals surface area contributed by atoms with Crippen molar-refractivity contribution < 1.29 is 0 Å². The molecule has 0 aliphatic rings. The van der Waals surface area contributed by atoms with E-state index in [0.717, 1.165) is 27.2 Å². The van der Waals surface area contributed by atoms with Crippen molar-refractivity contribution in [1.29, 1.82) is 0 Å². The topological polar surface area (TPSA) is 55.6 Å². The monoisotopic (exact) mass is 295 g/mol. The van der Waals surface area contributed by atoms with Gasteiger partial charge < -0.3 is 5.32 Å². The smallest absolute Gasteiger partial charge is 0.165 e. The Balaban J connectivity index is 2.61. The second kappa shape index (κ2) is 4.44. The molecule has 2 rings (SSSR count). The standard InChI is InChI=1S/C11H14BrN5/c1-6-9(12)11(13-3)16-10(15-6)8-5-14-17(4)7(8)2/h5H,1-4H3,(H,13,15,16). The van der Waals surface area contributed by atoms with Crippen LogP contribution >= 0.6 is 15.9 Å². The highest BCUT2D eigenvalue weighted by atomic mass is 79.9. The summed E-state index contributed by atoms with van der Waals surface area (Å²) in [5.41, 5.74) is 2.91. The second-order valence-corrected chi connectivity index (χ2v) is 4.61. The molecule has 2 aromatic heterocycles. The van der Waals surface area contributed by atoms with E-state index in [-0.39, 0.29) is 0 Å². The van der Waals surface area contributed by atoms with Crippen molar-refractivity contribution in [2.24, 2.45) is 7.05 Å². The lowest BCUT2D eigenvalue weighted by Gasteiger charge is -2.08. The molecule has 6 heteroatoms. The van der Waals surface area contributed by atoms with Crippen LogP contribution in [0.5, 0.6) is 0 Å². The summed E-state index contributed by atoms with van der Waals surface area (Å²) in [6, 6.07) is 0. The first kappa shape index (κ1) is 12.0. The number of nitrogens with zero attached hydrogens (tertiary/aromatic N) is 4. The molecular formula is C11H14BrN5. The first-order valence-electron chi connectivity index (χ1n) is 5.25. The molecule has 2 heterocycles. The fourth-order valence-electron chi connectivity index (χ4n) is 1.56. The Labute approximate surface area is 108 Å². The van der Waals surface area contributed by atoms with E-state index in [1.165, 1.54) is 0 Å². The molecule has 0 fully saturated rings. The lowest BCUT2D eigenvalue weighted by Crippen LogP contribution is -2.01. The molecule has 90 valence electrons. The summed E-state index contributed by atoms with van der Waals surface area (Å²) in [5.74, 6) is 1.48. The number of aryl methyl sites for hydroxylation is 2. The van der Waals surface area contributed by atoms with E-state index in [9.17, 15) is 0 Å². The molecule has 0 atom stereocenters. The lowest BCUT2D eigenvalue weighted by molar-refractivity contribution is 0.740. The molecule has 0 unspecified atom stereocenters. The number of halogens is 1. The van der Waals surface area contributed by atoms with E-state index in [4.69, 9.17) is 0 Å². The SMILES string of the molecule is CNc1nc(-c2cnn(C)c2C)nc(C)c1Br. The van der Waals surface area contributed by atoms with Gasteiger partial charge in [-0.3, -0.25) is 4.68 Å². The quantitative estimate of drug-likeness (QED) is 0.924. The maximum absolute atomic E-state index is 4.47. The van der Waals surface area contributed by atoms with E-state index in [2.05, 4.69) is 36.3 Å². The van der Waals surface area contributed by atoms with Crippen LogP contribution in [0.4, 0.5) is 5.82 Å². The van der Waals surface area contributed by atoms with Gasteiger partial charge in [-0.15, -0.1) is 0 Å². The van der Waals surface area contributed by atoms with Crippen LogP contribution < -0.4 is 5.32 Å². The highest BCUT2D eigenvalue weighted by Gasteiger charge is 2.13. The van der Waals surface area contributed by atoms with Gasteiger partial charge in [0, 0.05) is 19.8 Å². The van der Waals surface area contributed by atoms with Crippen molar-refractivity contribution >= 4 is 21.7 Å². The lowest BCUT2D eigenvalue weighted by atomic mass is 10.2. The fourth-order valence-corrected chi connectivity index (χ4v) is 1.94. The van der Waals surface area contributed by atoms with Crippen LogP contribution in [-0.4, -0.2) is 26.8 Å². The third kappa shape index (κ3) is 2.04. The van der Waals surface area contributed by atoms with Crippen LogP contribution in [0.2, 0.25) is 0 Å². The van der Waals surface area contributed by atoms with Gasteiger partial charge in [0.2, 0.25) is 0 Å². The molecule has 0 aliphatic carbocycles. The third-order valence-electron chi connectivity index (χ3n) is 2.73. The largest absolute Gasteiger partial charge is 0.372 e. The van der Waals surface area contributed by atoms with Gasteiger partial charge in [0.25, 0.3) is 0 Å². The summed E-state index contributed by atoms with van der Waals surface area (Å²) in [4.78, 5) is 8.95. The van der Waals surface area contributed by atoms with E-state index < -0.39 is 0 Å². The minimum absolute atomic E-state index is 0.695. The van der Waals surface area contributed by atoms with Crippen LogP contribution in [0.15, 0.2) is 10.7 Å². The highest BCUT2D eigenvalue weighted by molar-refractivity contribution is 9.10. The van der Waals surface area contributed by atoms with E-state index in [1.807, 2.05) is 32.6 Å². The van der Waals surface area contributed by atoms with Crippen LogP contribution in [-0.2, 0) is 7.05 Å². The Morgan fingerprint density at radius 3 is 2.53 bits per heavy atom. The number of aromatic nitrogens is 4. The number of rotatable bonds is 2. The molecule has 0 aromatic carbocycles. The van der Waals surface area contributed by atoms with Crippen molar-refractivity contribution in [3.63, 3.8) is 0 Å². The van der Waals surface area contributed by atoms with Gasteiger partial charge in [-0.05, 0) is 29.8 Å². The van der Waals surface area contributed by atoms with Crippen molar-refractivity contribution in [3.8, 4) is 11.4 Å². The van der Waals surface area contributed by atoms with Gasteiger partial charge in [-0.25, -0.2) is 9.97 Å². The summed E-state index contributed by atoms with van der Waals surface area (Å²) in [6.45, 7) is 3.95. The number of anilines is 1. The molecule has 2 aromatic rings. The Hall–Kier alpha value is -1.43. The van der Waals surface area contributed by atoms with Crippen LogP contribution in [0.1, 0.15) is 11.4 Å². The Bertz CT molecular complexity index is 561. The molecule has 0 amide bonds. The maximum atomic E-state index is 4.47. The molecule has 0 spiro atoms. The Morgan fingerprint density at radius 1 is 1.29 bits per heavy atom. The van der Waals surface area contributed by atoms with Gasteiger partial charge in [0.1, 0.15) is 5.82 Å². The van der Waals surface area contributed by atoms with Crippen molar-refractivity contribution in [1.82, 2.24) is 19.7 Å². The summed E-state index contributed by atoms with van der Waals surface area (Å²) in [5, 5.41) is 7.25. The van der Waals surface area contributed by atoms with Crippen LogP contribution in [0.3, 0.4) is 0 Å². The predicted octanol–water partition coefficient (Wildman–Crippen LogP) is 2.30. The normalized spacial score (nSPS) is 10.6. The average molecular weight is 296 g/mol. The molecule has 0 saturated carbocycles. The summed E-state index contributed by atoms with van der Waals surface area (Å²) < 4.78 is 2.71. The molecule has 1 N–H and O–H groups in total. The van der Waals surface area contributed by atoms with E-state index in [1.54, 1.807) is 6.20 Å². The zero-order valence-electron chi connectivity index (χ0n) is 10.2. The summed E-state index contributed by atoms with van der Waals surface area (Å²) >= 11 is 3.46. The van der Waals surface area contributed by atoms with E-state index >= 15 is 0 Å². The molecule has 0 aliphatic heterocycles. The fraction of sp³-hybridized carbons (Fsp3) is 0.364. The molecule has 0 bridgehead atoms. The van der Waals surface area contributed by atoms with Crippen molar-refractivity contribution in [2.45, 2.75) is 13.8 Å². The maximum Gasteiger partial charge on any atom is 0.165 e. The molecule has 5 nitrogen and oxygen atoms in total. The summed E-state index contributed by atoms with van der Waals surface area (Å²) in [6.07, 6.45) is 1.79. The Morgan fingerprint density at radius 2 is 2.00 bits per heavy atom. The minimum Gasteiger partial charge on any atom is -0.372 e. The highest BCUT2D eigenvalue weighted by Crippen LogP contribution is 2.27. The molecule has 0 radical (unpaired) electrons. The van der Waals surface area contributed by atoms with E-state index in [0.29, 0.717) is 5.82 Å². The molecule has 17 heavy (non-hydrogen) atoms.